The Hall–Kier alpha value is -2.89. The van der Waals surface area contributed by atoms with Gasteiger partial charge in [-0.15, -0.1) is 0 Å². The first kappa shape index (κ1) is 14.5. The minimum atomic E-state index is -1.03. The molecule has 1 N–H and O–H groups in total. The van der Waals surface area contributed by atoms with Crippen LogP contribution in [0.15, 0.2) is 47.5 Å². The molecule has 21 heavy (non-hydrogen) atoms. The maximum absolute atomic E-state index is 11.7. The molecule has 0 aliphatic rings. The van der Waals surface area contributed by atoms with Crippen LogP contribution in [-0.2, 0) is 11.3 Å². The summed E-state index contributed by atoms with van der Waals surface area (Å²) in [5, 5.41) is 8.72. The maximum atomic E-state index is 11.7. The van der Waals surface area contributed by atoms with Crippen molar-refractivity contribution in [1.82, 2.24) is 9.55 Å². The highest BCUT2D eigenvalue weighted by Gasteiger charge is 2.05. The van der Waals surface area contributed by atoms with Crippen LogP contribution in [-0.4, -0.2) is 27.7 Å². The van der Waals surface area contributed by atoms with Gasteiger partial charge in [0.25, 0.3) is 0 Å². The predicted octanol–water partition coefficient (Wildman–Crippen LogP) is 1.40. The third-order valence-electron chi connectivity index (χ3n) is 2.88. The lowest BCUT2D eigenvalue weighted by atomic mass is 10.1. The van der Waals surface area contributed by atoms with E-state index >= 15 is 0 Å². The lowest BCUT2D eigenvalue weighted by molar-refractivity contribution is -0.131. The zero-order chi connectivity index (χ0) is 15.2. The van der Waals surface area contributed by atoms with E-state index in [4.69, 9.17) is 9.84 Å². The van der Waals surface area contributed by atoms with E-state index in [1.54, 1.807) is 37.6 Å². The van der Waals surface area contributed by atoms with E-state index < -0.39 is 5.97 Å². The van der Waals surface area contributed by atoms with E-state index in [1.807, 2.05) is 0 Å². The highest BCUT2D eigenvalue weighted by molar-refractivity contribution is 5.85. The molecule has 0 amide bonds. The van der Waals surface area contributed by atoms with Gasteiger partial charge >= 0.3 is 11.7 Å². The monoisotopic (exact) mass is 286 g/mol. The topological polar surface area (TPSA) is 81.4 Å². The second-order valence-corrected chi connectivity index (χ2v) is 4.27. The number of carboxylic acid groups (broad SMARTS) is 1. The molecule has 1 aromatic heterocycles. The van der Waals surface area contributed by atoms with Gasteiger partial charge in [0.05, 0.1) is 13.7 Å². The Morgan fingerprint density at radius 2 is 2.29 bits per heavy atom. The Balaban J connectivity index is 2.42. The molecule has 0 saturated carbocycles. The molecule has 0 spiro atoms. The lowest BCUT2D eigenvalue weighted by Crippen LogP contribution is -2.22. The molecule has 0 saturated heterocycles. The Bertz CT molecular complexity index is 734. The van der Waals surface area contributed by atoms with Crippen LogP contribution in [0, 0.1) is 0 Å². The van der Waals surface area contributed by atoms with Crippen molar-refractivity contribution in [3.8, 4) is 5.75 Å². The van der Waals surface area contributed by atoms with Crippen LogP contribution < -0.4 is 10.4 Å². The first-order valence-electron chi connectivity index (χ1n) is 6.19. The molecule has 0 radical (unpaired) electrons. The third-order valence-corrected chi connectivity index (χ3v) is 2.88. The second kappa shape index (κ2) is 6.51. The maximum Gasteiger partial charge on any atom is 0.347 e. The summed E-state index contributed by atoms with van der Waals surface area (Å²) in [6, 6.07) is 6.90. The normalized spacial score (nSPS) is 10.7. The zero-order valence-electron chi connectivity index (χ0n) is 11.4. The molecule has 0 unspecified atom stereocenters. The van der Waals surface area contributed by atoms with Gasteiger partial charge in [0.2, 0.25) is 0 Å². The quantitative estimate of drug-likeness (QED) is 0.840. The van der Waals surface area contributed by atoms with Crippen molar-refractivity contribution in [1.29, 1.82) is 0 Å². The van der Waals surface area contributed by atoms with Gasteiger partial charge in [-0.3, -0.25) is 4.57 Å². The molecule has 2 rings (SSSR count). The van der Waals surface area contributed by atoms with Gasteiger partial charge < -0.3 is 9.84 Å². The van der Waals surface area contributed by atoms with Gasteiger partial charge in [-0.2, -0.15) is 0 Å². The van der Waals surface area contributed by atoms with Crippen LogP contribution in [0.1, 0.15) is 11.1 Å². The van der Waals surface area contributed by atoms with Gasteiger partial charge in [-0.1, -0.05) is 6.07 Å². The van der Waals surface area contributed by atoms with E-state index in [0.29, 0.717) is 11.3 Å². The summed E-state index contributed by atoms with van der Waals surface area (Å²) in [4.78, 5) is 26.0. The number of nitrogens with zero attached hydrogens (tertiary/aromatic N) is 2. The molecule has 0 aliphatic heterocycles. The van der Waals surface area contributed by atoms with Crippen molar-refractivity contribution in [2.45, 2.75) is 6.54 Å². The van der Waals surface area contributed by atoms with Crippen molar-refractivity contribution >= 4 is 12.0 Å². The van der Waals surface area contributed by atoms with E-state index in [1.165, 1.54) is 16.8 Å². The fourth-order valence-corrected chi connectivity index (χ4v) is 1.86. The molecular weight excluding hydrogens is 272 g/mol. The van der Waals surface area contributed by atoms with Crippen molar-refractivity contribution < 1.29 is 14.6 Å². The number of rotatable bonds is 5. The molecule has 0 aliphatic carbocycles. The van der Waals surface area contributed by atoms with Crippen LogP contribution in [0.5, 0.6) is 5.75 Å². The number of hydrogen-bond acceptors (Lipinski definition) is 4. The molecule has 0 fully saturated rings. The van der Waals surface area contributed by atoms with Crippen molar-refractivity contribution in [2.75, 3.05) is 7.11 Å². The summed E-state index contributed by atoms with van der Waals surface area (Å²) in [7, 11) is 1.54. The van der Waals surface area contributed by atoms with Crippen LogP contribution >= 0.6 is 0 Å². The smallest absolute Gasteiger partial charge is 0.347 e. The minimum absolute atomic E-state index is 0.281. The van der Waals surface area contributed by atoms with Gasteiger partial charge in [0.15, 0.2) is 0 Å². The van der Waals surface area contributed by atoms with E-state index in [0.717, 1.165) is 11.6 Å². The average molecular weight is 286 g/mol. The van der Waals surface area contributed by atoms with Gasteiger partial charge in [-0.25, -0.2) is 14.6 Å². The number of carbonyl (C=O) groups is 1. The molecular formula is C15H14N2O4. The van der Waals surface area contributed by atoms with Crippen LogP contribution in [0.4, 0.5) is 0 Å². The molecule has 0 bridgehead atoms. The number of ether oxygens (including phenoxy) is 1. The summed E-state index contributed by atoms with van der Waals surface area (Å²) in [6.45, 7) is 0.281. The fraction of sp³-hybridized carbons (Fsp3) is 0.133. The molecule has 6 nitrogen and oxygen atoms in total. The number of methoxy groups -OCH3 is 1. The van der Waals surface area contributed by atoms with Crippen molar-refractivity contribution in [3.05, 3.63) is 64.3 Å². The number of carboxylic acids is 1. The Morgan fingerprint density at radius 3 is 2.95 bits per heavy atom. The van der Waals surface area contributed by atoms with Crippen molar-refractivity contribution in [3.63, 3.8) is 0 Å². The number of hydrogen-bond donors (Lipinski definition) is 1. The lowest BCUT2D eigenvalue weighted by Gasteiger charge is -2.10. The largest absolute Gasteiger partial charge is 0.497 e. The molecule has 2 aromatic rings. The second-order valence-electron chi connectivity index (χ2n) is 4.27. The number of benzene rings is 1. The Labute approximate surface area is 121 Å². The average Bonchev–Trinajstić information content (AvgIpc) is 2.48. The molecule has 0 atom stereocenters. The summed E-state index contributed by atoms with van der Waals surface area (Å²) in [6.07, 6.45) is 5.59. The number of aliphatic carboxylic acids is 1. The summed E-state index contributed by atoms with van der Waals surface area (Å²) < 4.78 is 6.60. The van der Waals surface area contributed by atoms with E-state index in [-0.39, 0.29) is 12.2 Å². The van der Waals surface area contributed by atoms with Crippen LogP contribution in [0.2, 0.25) is 0 Å². The highest BCUT2D eigenvalue weighted by atomic mass is 16.5. The zero-order valence-corrected chi connectivity index (χ0v) is 11.4. The Kier molecular flexibility index (Phi) is 4.50. The summed E-state index contributed by atoms with van der Waals surface area (Å²) in [5.74, 6) is -0.398. The van der Waals surface area contributed by atoms with Gasteiger partial charge in [0.1, 0.15) is 5.75 Å². The Morgan fingerprint density at radius 1 is 1.48 bits per heavy atom. The molecule has 108 valence electrons. The van der Waals surface area contributed by atoms with E-state index in [2.05, 4.69) is 4.98 Å². The first-order valence-corrected chi connectivity index (χ1v) is 6.19. The molecule has 6 heteroatoms. The fourth-order valence-electron chi connectivity index (χ4n) is 1.86. The van der Waals surface area contributed by atoms with Crippen LogP contribution in [0.25, 0.3) is 6.08 Å². The van der Waals surface area contributed by atoms with Crippen molar-refractivity contribution in [2.24, 2.45) is 0 Å². The van der Waals surface area contributed by atoms with Gasteiger partial charge in [0, 0.05) is 18.5 Å². The number of aromatic nitrogens is 2. The van der Waals surface area contributed by atoms with Gasteiger partial charge in [-0.05, 0) is 35.4 Å². The summed E-state index contributed by atoms with van der Waals surface area (Å²) >= 11 is 0. The highest BCUT2D eigenvalue weighted by Crippen LogP contribution is 2.19. The van der Waals surface area contributed by atoms with E-state index in [9.17, 15) is 9.59 Å². The van der Waals surface area contributed by atoms with Crippen LogP contribution in [0.3, 0.4) is 0 Å². The predicted molar refractivity (Wildman–Crippen MR) is 77.3 cm³/mol. The molecule has 1 aromatic carbocycles. The minimum Gasteiger partial charge on any atom is -0.497 e. The summed E-state index contributed by atoms with van der Waals surface area (Å²) in [5.41, 5.74) is 1.10. The molecule has 1 heterocycles. The standard InChI is InChI=1S/C15H14N2O4/c1-21-13-5-3-11(4-6-14(18)19)12(9-13)10-17-8-2-7-16-15(17)20/h2-9H,10H2,1H3,(H,18,19)/b6-4+. The SMILES string of the molecule is COc1ccc(/C=C/C(=O)O)c(Cn2cccnc2=O)c1. The third kappa shape index (κ3) is 3.79. The first-order chi connectivity index (χ1) is 10.1.